The van der Waals surface area contributed by atoms with E-state index in [4.69, 9.17) is 0 Å². The van der Waals surface area contributed by atoms with Gasteiger partial charge in [-0.05, 0) is 39.8 Å². The lowest BCUT2D eigenvalue weighted by atomic mass is 9.96. The first-order valence-corrected chi connectivity index (χ1v) is 7.86. The van der Waals surface area contributed by atoms with Gasteiger partial charge < -0.3 is 5.32 Å². The Morgan fingerprint density at radius 1 is 1.25 bits per heavy atom. The minimum Gasteiger partial charge on any atom is -0.335 e. The summed E-state index contributed by atoms with van der Waals surface area (Å²) in [5.74, 6) is -0.225. The number of hydrogen-bond donors (Lipinski definition) is 2. The second kappa shape index (κ2) is 8.95. The van der Waals surface area contributed by atoms with E-state index in [1.54, 1.807) is 0 Å². The number of amides is 3. The molecule has 20 heavy (non-hydrogen) atoms. The molecule has 1 unspecified atom stereocenters. The first-order valence-electron chi connectivity index (χ1n) is 7.86. The first kappa shape index (κ1) is 17.0. The number of nitrogens with one attached hydrogen (secondary N) is 2. The molecule has 1 aliphatic rings. The Morgan fingerprint density at radius 3 is 2.50 bits per heavy atom. The highest BCUT2D eigenvalue weighted by atomic mass is 16.2. The Bertz CT molecular complexity index is 314. The predicted octanol–water partition coefficient (Wildman–Crippen LogP) is 2.27. The molecule has 0 aromatic heterocycles. The molecule has 3 amide bonds. The molecule has 2 N–H and O–H groups in total. The molecule has 1 saturated carbocycles. The zero-order valence-corrected chi connectivity index (χ0v) is 13.1. The third-order valence-corrected chi connectivity index (χ3v) is 4.08. The fourth-order valence-electron chi connectivity index (χ4n) is 2.49. The predicted molar refractivity (Wildman–Crippen MR) is 80.5 cm³/mol. The second-order valence-electron chi connectivity index (χ2n) is 5.81. The Kier molecular flexibility index (Phi) is 7.59. The van der Waals surface area contributed by atoms with Gasteiger partial charge in [0.05, 0.1) is 6.04 Å². The molecule has 116 valence electrons. The van der Waals surface area contributed by atoms with Crippen LogP contribution in [0.3, 0.4) is 0 Å². The Labute approximate surface area is 122 Å². The molecule has 5 heteroatoms. The van der Waals surface area contributed by atoms with Gasteiger partial charge in [-0.3, -0.25) is 15.0 Å². The van der Waals surface area contributed by atoms with Crippen LogP contribution in [-0.4, -0.2) is 42.5 Å². The summed E-state index contributed by atoms with van der Waals surface area (Å²) >= 11 is 0. The molecular formula is C15H29N3O2. The van der Waals surface area contributed by atoms with E-state index in [-0.39, 0.29) is 24.0 Å². The molecular weight excluding hydrogens is 254 g/mol. The highest BCUT2D eigenvalue weighted by molar-refractivity contribution is 5.96. The normalized spacial score (nSPS) is 17.8. The molecule has 1 atom stereocenters. The SMILES string of the molecule is CCCCN(C)C(C)C(=O)NC(=O)NC1CCCCC1. The van der Waals surface area contributed by atoms with Crippen LogP contribution >= 0.6 is 0 Å². The van der Waals surface area contributed by atoms with Gasteiger partial charge in [0.25, 0.3) is 0 Å². The quantitative estimate of drug-likeness (QED) is 0.786. The van der Waals surface area contributed by atoms with Gasteiger partial charge in [0.2, 0.25) is 5.91 Å². The van der Waals surface area contributed by atoms with Crippen molar-refractivity contribution in [3.8, 4) is 0 Å². The second-order valence-corrected chi connectivity index (χ2v) is 5.81. The maximum Gasteiger partial charge on any atom is 0.321 e. The summed E-state index contributed by atoms with van der Waals surface area (Å²) in [6.45, 7) is 4.82. The van der Waals surface area contributed by atoms with Crippen LogP contribution in [0.4, 0.5) is 4.79 Å². The number of imide groups is 1. The Hall–Kier alpha value is -1.10. The van der Waals surface area contributed by atoms with Gasteiger partial charge in [-0.25, -0.2) is 4.79 Å². The number of carbonyl (C=O) groups is 2. The standard InChI is InChI=1S/C15H29N3O2/c1-4-5-11-18(3)12(2)14(19)17-15(20)16-13-9-7-6-8-10-13/h12-13H,4-11H2,1-3H3,(H2,16,17,19,20). The Balaban J connectivity index is 2.30. The Morgan fingerprint density at radius 2 is 1.90 bits per heavy atom. The summed E-state index contributed by atoms with van der Waals surface area (Å²) in [7, 11) is 1.92. The minimum atomic E-state index is -0.349. The van der Waals surface area contributed by atoms with Gasteiger partial charge in [0.15, 0.2) is 0 Å². The summed E-state index contributed by atoms with van der Waals surface area (Å²) in [5.41, 5.74) is 0. The van der Waals surface area contributed by atoms with E-state index in [1.165, 1.54) is 6.42 Å². The molecule has 1 fully saturated rings. The number of carbonyl (C=O) groups excluding carboxylic acids is 2. The summed E-state index contributed by atoms with van der Waals surface area (Å²) in [5, 5.41) is 5.35. The highest BCUT2D eigenvalue weighted by Crippen LogP contribution is 2.17. The maximum atomic E-state index is 12.0. The van der Waals surface area contributed by atoms with Crippen molar-refractivity contribution >= 4 is 11.9 Å². The van der Waals surface area contributed by atoms with E-state index in [2.05, 4.69) is 17.6 Å². The van der Waals surface area contributed by atoms with Crippen LogP contribution in [0.15, 0.2) is 0 Å². The summed E-state index contributed by atoms with van der Waals surface area (Å²) in [6, 6.07) is -0.402. The van der Waals surface area contributed by atoms with Crippen molar-refractivity contribution in [1.29, 1.82) is 0 Å². The highest BCUT2D eigenvalue weighted by Gasteiger charge is 2.21. The van der Waals surface area contributed by atoms with Gasteiger partial charge >= 0.3 is 6.03 Å². The van der Waals surface area contributed by atoms with Gasteiger partial charge in [-0.2, -0.15) is 0 Å². The van der Waals surface area contributed by atoms with Crippen molar-refractivity contribution in [2.24, 2.45) is 0 Å². The number of likely N-dealkylation sites (N-methyl/N-ethyl adjacent to an activating group) is 1. The van der Waals surface area contributed by atoms with E-state index in [1.807, 2.05) is 18.9 Å². The monoisotopic (exact) mass is 283 g/mol. The molecule has 0 aromatic carbocycles. The molecule has 5 nitrogen and oxygen atoms in total. The third kappa shape index (κ3) is 5.90. The number of rotatable bonds is 6. The largest absolute Gasteiger partial charge is 0.335 e. The van der Waals surface area contributed by atoms with E-state index < -0.39 is 0 Å². The zero-order chi connectivity index (χ0) is 15.0. The first-order chi connectivity index (χ1) is 9.54. The van der Waals surface area contributed by atoms with Crippen LogP contribution < -0.4 is 10.6 Å². The van der Waals surface area contributed by atoms with E-state index >= 15 is 0 Å². The lowest BCUT2D eigenvalue weighted by Gasteiger charge is -2.25. The van der Waals surface area contributed by atoms with Crippen molar-refractivity contribution in [3.63, 3.8) is 0 Å². The average molecular weight is 283 g/mol. The van der Waals surface area contributed by atoms with Crippen LogP contribution in [-0.2, 0) is 4.79 Å². The van der Waals surface area contributed by atoms with Crippen molar-refractivity contribution in [1.82, 2.24) is 15.5 Å². The average Bonchev–Trinajstić information content (AvgIpc) is 2.44. The molecule has 0 bridgehead atoms. The van der Waals surface area contributed by atoms with Crippen LogP contribution in [0.5, 0.6) is 0 Å². The molecule has 1 aliphatic carbocycles. The van der Waals surface area contributed by atoms with Gasteiger partial charge in [0, 0.05) is 6.04 Å². The fraction of sp³-hybridized carbons (Fsp3) is 0.867. The van der Waals surface area contributed by atoms with Crippen LogP contribution in [0.2, 0.25) is 0 Å². The zero-order valence-electron chi connectivity index (χ0n) is 13.1. The number of urea groups is 1. The van der Waals surface area contributed by atoms with Crippen molar-refractivity contribution < 1.29 is 9.59 Å². The number of hydrogen-bond acceptors (Lipinski definition) is 3. The smallest absolute Gasteiger partial charge is 0.321 e. The number of unbranched alkanes of at least 4 members (excludes halogenated alkanes) is 1. The lowest BCUT2D eigenvalue weighted by Crippen LogP contribution is -2.51. The lowest BCUT2D eigenvalue weighted by molar-refractivity contribution is -0.124. The van der Waals surface area contributed by atoms with Crippen molar-refractivity contribution in [2.75, 3.05) is 13.6 Å². The van der Waals surface area contributed by atoms with Crippen LogP contribution in [0.1, 0.15) is 58.8 Å². The summed E-state index contributed by atoms with van der Waals surface area (Å²) in [6.07, 6.45) is 7.77. The molecule has 0 radical (unpaired) electrons. The van der Waals surface area contributed by atoms with Gasteiger partial charge in [0.1, 0.15) is 0 Å². The molecule has 1 rings (SSSR count). The summed E-state index contributed by atoms with van der Waals surface area (Å²) in [4.78, 5) is 25.8. The van der Waals surface area contributed by atoms with Gasteiger partial charge in [-0.15, -0.1) is 0 Å². The topological polar surface area (TPSA) is 61.4 Å². The van der Waals surface area contributed by atoms with E-state index in [0.717, 1.165) is 45.1 Å². The van der Waals surface area contributed by atoms with Crippen LogP contribution in [0.25, 0.3) is 0 Å². The minimum absolute atomic E-state index is 0.225. The molecule has 0 aliphatic heterocycles. The molecule has 0 heterocycles. The van der Waals surface area contributed by atoms with Gasteiger partial charge in [-0.1, -0.05) is 32.6 Å². The van der Waals surface area contributed by atoms with Crippen molar-refractivity contribution in [2.45, 2.75) is 70.9 Å². The van der Waals surface area contributed by atoms with Crippen LogP contribution in [0, 0.1) is 0 Å². The van der Waals surface area contributed by atoms with E-state index in [0.29, 0.717) is 0 Å². The fourth-order valence-corrected chi connectivity index (χ4v) is 2.49. The van der Waals surface area contributed by atoms with E-state index in [9.17, 15) is 9.59 Å². The summed E-state index contributed by atoms with van der Waals surface area (Å²) < 4.78 is 0. The molecule has 0 aromatic rings. The molecule has 0 spiro atoms. The number of nitrogens with zero attached hydrogens (tertiary/aromatic N) is 1. The maximum absolute atomic E-state index is 12.0. The third-order valence-electron chi connectivity index (χ3n) is 4.08. The molecule has 0 saturated heterocycles. The van der Waals surface area contributed by atoms with Crippen molar-refractivity contribution in [3.05, 3.63) is 0 Å².